The lowest BCUT2D eigenvalue weighted by atomic mass is 10.2. The zero-order chi connectivity index (χ0) is 15.0. The van der Waals surface area contributed by atoms with E-state index in [-0.39, 0.29) is 10.6 Å². The van der Waals surface area contributed by atoms with E-state index in [1.165, 1.54) is 12.1 Å². The fourth-order valence-electron chi connectivity index (χ4n) is 1.91. The summed E-state index contributed by atoms with van der Waals surface area (Å²) >= 11 is 1.08. The monoisotopic (exact) mass is 307 g/mol. The lowest BCUT2D eigenvalue weighted by Gasteiger charge is -2.04. The van der Waals surface area contributed by atoms with Crippen LogP contribution < -0.4 is 5.32 Å². The van der Waals surface area contributed by atoms with Gasteiger partial charge in [0.2, 0.25) is 0 Å². The van der Waals surface area contributed by atoms with Gasteiger partial charge >= 0.3 is 0 Å². The van der Waals surface area contributed by atoms with Crippen molar-refractivity contribution in [3.8, 4) is 0 Å². The third-order valence-corrected chi connectivity index (χ3v) is 4.01. The van der Waals surface area contributed by atoms with Gasteiger partial charge in [-0.25, -0.2) is 13.2 Å². The standard InChI is InChI=1S/C15H8F3NOS/c16-8-4-5-11(18)12(6-8)19-15(20)14-7-9-10(17)2-1-3-13(9)21-14/h1-7H,(H,19,20). The van der Waals surface area contributed by atoms with E-state index in [2.05, 4.69) is 5.32 Å². The molecule has 2 nitrogen and oxygen atoms in total. The van der Waals surface area contributed by atoms with Gasteiger partial charge in [-0.05, 0) is 30.3 Å². The van der Waals surface area contributed by atoms with Gasteiger partial charge in [-0.15, -0.1) is 11.3 Å². The molecule has 106 valence electrons. The van der Waals surface area contributed by atoms with Crippen molar-refractivity contribution in [3.63, 3.8) is 0 Å². The van der Waals surface area contributed by atoms with Gasteiger partial charge in [0.25, 0.3) is 5.91 Å². The molecule has 0 aliphatic heterocycles. The Morgan fingerprint density at radius 2 is 1.81 bits per heavy atom. The van der Waals surface area contributed by atoms with Crippen molar-refractivity contribution < 1.29 is 18.0 Å². The van der Waals surface area contributed by atoms with Gasteiger partial charge < -0.3 is 5.32 Å². The number of amides is 1. The minimum absolute atomic E-state index is 0.221. The van der Waals surface area contributed by atoms with E-state index < -0.39 is 23.4 Å². The van der Waals surface area contributed by atoms with E-state index in [9.17, 15) is 18.0 Å². The number of carbonyl (C=O) groups excluding carboxylic acids is 1. The summed E-state index contributed by atoms with van der Waals surface area (Å²) < 4.78 is 40.7. The molecule has 0 aliphatic carbocycles. The minimum atomic E-state index is -0.739. The van der Waals surface area contributed by atoms with E-state index >= 15 is 0 Å². The summed E-state index contributed by atoms with van der Waals surface area (Å²) in [6, 6.07) is 8.69. The van der Waals surface area contributed by atoms with Gasteiger partial charge in [0, 0.05) is 16.2 Å². The predicted octanol–water partition coefficient (Wildman–Crippen LogP) is 4.57. The highest BCUT2D eigenvalue weighted by Gasteiger charge is 2.14. The average Bonchev–Trinajstić information content (AvgIpc) is 2.88. The Morgan fingerprint density at radius 3 is 2.57 bits per heavy atom. The van der Waals surface area contributed by atoms with Crippen molar-refractivity contribution in [1.29, 1.82) is 0 Å². The summed E-state index contributed by atoms with van der Waals surface area (Å²) in [5.41, 5.74) is -0.252. The van der Waals surface area contributed by atoms with Crippen LogP contribution in [0.1, 0.15) is 9.67 Å². The molecule has 0 fully saturated rings. The second-order valence-electron chi connectivity index (χ2n) is 4.34. The number of nitrogens with one attached hydrogen (secondary N) is 1. The van der Waals surface area contributed by atoms with Crippen molar-refractivity contribution >= 4 is 33.0 Å². The van der Waals surface area contributed by atoms with Crippen LogP contribution in [-0.2, 0) is 0 Å². The van der Waals surface area contributed by atoms with Crippen molar-refractivity contribution in [2.75, 3.05) is 5.32 Å². The summed E-state index contributed by atoms with van der Waals surface area (Å²) in [5.74, 6) is -2.44. The number of anilines is 1. The average molecular weight is 307 g/mol. The molecule has 0 atom stereocenters. The lowest BCUT2D eigenvalue weighted by molar-refractivity contribution is 0.103. The number of carbonyl (C=O) groups is 1. The highest BCUT2D eigenvalue weighted by atomic mass is 32.1. The Morgan fingerprint density at radius 1 is 1.00 bits per heavy atom. The molecule has 0 bridgehead atoms. The second-order valence-corrected chi connectivity index (χ2v) is 5.42. The normalized spacial score (nSPS) is 10.8. The highest BCUT2D eigenvalue weighted by molar-refractivity contribution is 7.20. The Hall–Kier alpha value is -2.34. The maximum atomic E-state index is 13.6. The van der Waals surface area contributed by atoms with Crippen molar-refractivity contribution in [2.24, 2.45) is 0 Å². The molecule has 1 amide bonds. The third kappa shape index (κ3) is 2.62. The van der Waals surface area contributed by atoms with Crippen LogP contribution >= 0.6 is 11.3 Å². The first-order chi connectivity index (χ1) is 10.0. The molecule has 2 aromatic carbocycles. The number of rotatable bonds is 2. The smallest absolute Gasteiger partial charge is 0.265 e. The number of hydrogen-bond acceptors (Lipinski definition) is 2. The first-order valence-electron chi connectivity index (χ1n) is 5.99. The third-order valence-electron chi connectivity index (χ3n) is 2.91. The first-order valence-corrected chi connectivity index (χ1v) is 6.81. The zero-order valence-electron chi connectivity index (χ0n) is 10.5. The summed E-state index contributed by atoms with van der Waals surface area (Å²) in [4.78, 5) is 12.3. The summed E-state index contributed by atoms with van der Waals surface area (Å²) in [6.45, 7) is 0. The van der Waals surface area contributed by atoms with E-state index in [4.69, 9.17) is 0 Å². The molecule has 0 saturated heterocycles. The van der Waals surface area contributed by atoms with Crippen LogP contribution in [0.25, 0.3) is 10.1 Å². The Balaban J connectivity index is 1.93. The Bertz CT molecular complexity index is 844. The molecule has 3 rings (SSSR count). The molecule has 6 heteroatoms. The van der Waals surface area contributed by atoms with E-state index in [1.807, 2.05) is 0 Å². The van der Waals surface area contributed by atoms with Gasteiger partial charge in [-0.2, -0.15) is 0 Å². The van der Waals surface area contributed by atoms with Crippen LogP contribution in [0, 0.1) is 17.5 Å². The van der Waals surface area contributed by atoms with Crippen LogP contribution in [0.15, 0.2) is 42.5 Å². The van der Waals surface area contributed by atoms with Gasteiger partial charge in [-0.1, -0.05) is 6.07 Å². The van der Waals surface area contributed by atoms with Crippen molar-refractivity contribution in [3.05, 3.63) is 64.8 Å². The molecule has 0 spiro atoms. The molecule has 1 N–H and O–H groups in total. The SMILES string of the molecule is O=C(Nc1cc(F)ccc1F)c1cc2c(F)cccc2s1. The van der Waals surface area contributed by atoms with Crippen LogP contribution in [0.2, 0.25) is 0 Å². The predicted molar refractivity (Wildman–Crippen MR) is 76.1 cm³/mol. The van der Waals surface area contributed by atoms with Crippen LogP contribution in [0.3, 0.4) is 0 Å². The first kappa shape index (κ1) is 13.6. The summed E-state index contributed by atoms with van der Waals surface area (Å²) in [5, 5.41) is 2.61. The Kier molecular flexibility index (Phi) is 3.39. The number of fused-ring (bicyclic) bond motifs is 1. The maximum Gasteiger partial charge on any atom is 0.265 e. The molecule has 0 radical (unpaired) electrons. The molecule has 3 aromatic rings. The fraction of sp³-hybridized carbons (Fsp3) is 0. The molecule has 1 heterocycles. The van der Waals surface area contributed by atoms with E-state index in [0.717, 1.165) is 29.5 Å². The maximum absolute atomic E-state index is 13.6. The molecule has 21 heavy (non-hydrogen) atoms. The molecular weight excluding hydrogens is 299 g/mol. The Labute approximate surface area is 121 Å². The quantitative estimate of drug-likeness (QED) is 0.738. The molecule has 0 aliphatic rings. The van der Waals surface area contributed by atoms with Gasteiger partial charge in [-0.3, -0.25) is 4.79 Å². The molecule has 1 aromatic heterocycles. The van der Waals surface area contributed by atoms with Gasteiger partial charge in [0.05, 0.1) is 10.6 Å². The van der Waals surface area contributed by atoms with E-state index in [0.29, 0.717) is 10.1 Å². The number of benzene rings is 2. The number of hydrogen-bond donors (Lipinski definition) is 1. The van der Waals surface area contributed by atoms with E-state index in [1.54, 1.807) is 12.1 Å². The topological polar surface area (TPSA) is 29.1 Å². The largest absolute Gasteiger partial charge is 0.319 e. The molecular formula is C15H8F3NOS. The minimum Gasteiger partial charge on any atom is -0.319 e. The van der Waals surface area contributed by atoms with Crippen molar-refractivity contribution in [1.82, 2.24) is 0 Å². The second kappa shape index (κ2) is 5.21. The van der Waals surface area contributed by atoms with Crippen LogP contribution in [0.4, 0.5) is 18.9 Å². The van der Waals surface area contributed by atoms with Crippen LogP contribution in [-0.4, -0.2) is 5.91 Å². The van der Waals surface area contributed by atoms with Crippen LogP contribution in [0.5, 0.6) is 0 Å². The zero-order valence-corrected chi connectivity index (χ0v) is 11.3. The highest BCUT2D eigenvalue weighted by Crippen LogP contribution is 2.28. The van der Waals surface area contributed by atoms with Gasteiger partial charge in [0.15, 0.2) is 0 Å². The lowest BCUT2D eigenvalue weighted by Crippen LogP contribution is -2.11. The summed E-state index contributed by atoms with van der Waals surface area (Å²) in [7, 11) is 0. The fourth-order valence-corrected chi connectivity index (χ4v) is 2.88. The molecule has 0 unspecified atom stereocenters. The molecule has 0 saturated carbocycles. The van der Waals surface area contributed by atoms with Crippen molar-refractivity contribution in [2.45, 2.75) is 0 Å². The number of thiophene rings is 1. The van der Waals surface area contributed by atoms with Gasteiger partial charge in [0.1, 0.15) is 17.5 Å². The summed E-state index contributed by atoms with van der Waals surface area (Å²) in [6.07, 6.45) is 0. The number of halogens is 3.